The minimum Gasteiger partial charge on any atom is -0.368 e. The van der Waals surface area contributed by atoms with Crippen LogP contribution in [0.4, 0.5) is 24.5 Å². The predicted octanol–water partition coefficient (Wildman–Crippen LogP) is 4.71. The van der Waals surface area contributed by atoms with Gasteiger partial charge in [-0.1, -0.05) is 0 Å². The summed E-state index contributed by atoms with van der Waals surface area (Å²) >= 11 is 0. The lowest BCUT2D eigenvalue weighted by Gasteiger charge is -2.28. The van der Waals surface area contributed by atoms with Crippen LogP contribution < -0.4 is 21.3 Å². The molecule has 0 bridgehead atoms. The van der Waals surface area contributed by atoms with E-state index in [9.17, 15) is 27.6 Å². The van der Waals surface area contributed by atoms with Crippen LogP contribution >= 0.6 is 0 Å². The second kappa shape index (κ2) is 13.3. The molecule has 3 amide bonds. The van der Waals surface area contributed by atoms with Crippen molar-refractivity contribution >= 4 is 29.1 Å². The van der Waals surface area contributed by atoms with Crippen LogP contribution in [0.15, 0.2) is 60.7 Å². The monoisotopic (exact) mass is 593 g/mol. The smallest absolute Gasteiger partial charge is 0.255 e. The van der Waals surface area contributed by atoms with Crippen molar-refractivity contribution in [1.29, 1.82) is 0 Å². The molecule has 5 rings (SSSR count). The fourth-order valence-corrected chi connectivity index (χ4v) is 5.55. The third-order valence-corrected chi connectivity index (χ3v) is 8.01. The summed E-state index contributed by atoms with van der Waals surface area (Å²) in [4.78, 5) is 43.0. The Bertz CT molecular complexity index is 1490. The van der Waals surface area contributed by atoms with E-state index in [-0.39, 0.29) is 29.5 Å². The minimum absolute atomic E-state index is 0.00226. The van der Waals surface area contributed by atoms with Crippen molar-refractivity contribution in [3.63, 3.8) is 0 Å². The van der Waals surface area contributed by atoms with E-state index in [0.717, 1.165) is 37.8 Å². The number of hydrogen-bond acceptors (Lipinski definition) is 5. The van der Waals surface area contributed by atoms with Crippen molar-refractivity contribution in [1.82, 2.24) is 10.2 Å². The molecular formula is C32H34F3N5O3. The lowest BCUT2D eigenvalue weighted by Crippen LogP contribution is -2.40. The Morgan fingerprint density at radius 2 is 1.40 bits per heavy atom. The first kappa shape index (κ1) is 30.1. The van der Waals surface area contributed by atoms with E-state index in [2.05, 4.69) is 10.6 Å². The molecule has 11 heteroatoms. The molecule has 0 aromatic heterocycles. The van der Waals surface area contributed by atoms with Crippen molar-refractivity contribution in [3.8, 4) is 0 Å². The minimum atomic E-state index is -1.15. The molecule has 1 saturated carbocycles. The van der Waals surface area contributed by atoms with Gasteiger partial charge in [0.25, 0.3) is 17.7 Å². The number of halogens is 3. The molecular weight excluding hydrogens is 559 g/mol. The molecule has 3 aromatic carbocycles. The zero-order chi connectivity index (χ0) is 30.5. The summed E-state index contributed by atoms with van der Waals surface area (Å²) in [7, 11) is 0. The number of nitrogens with two attached hydrogens (primary N) is 1. The highest BCUT2D eigenvalue weighted by Gasteiger charge is 2.25. The normalized spacial score (nSPS) is 19.0. The summed E-state index contributed by atoms with van der Waals surface area (Å²) in [6, 6.07) is 13.4. The number of amides is 3. The maximum atomic E-state index is 13.9. The summed E-state index contributed by atoms with van der Waals surface area (Å²) in [5.41, 5.74) is 7.59. The Balaban J connectivity index is 1.37. The number of carbonyl (C=O) groups is 3. The number of rotatable bonds is 6. The van der Waals surface area contributed by atoms with Gasteiger partial charge in [-0.2, -0.15) is 0 Å². The molecule has 2 fully saturated rings. The maximum Gasteiger partial charge on any atom is 0.255 e. The SMILES string of the molecule is NC1CCC(NC(=O)c2ccc(N3CCCN(C(=O)c4ccc(F)cc4)CC3)c(NC(=O)c3ccc(F)c(F)c3)c2)CC1. The number of anilines is 2. The van der Waals surface area contributed by atoms with E-state index in [1.54, 1.807) is 23.1 Å². The van der Waals surface area contributed by atoms with Crippen LogP contribution in [0.1, 0.15) is 63.2 Å². The van der Waals surface area contributed by atoms with Gasteiger partial charge >= 0.3 is 0 Å². The zero-order valence-electron chi connectivity index (χ0n) is 23.6. The first-order valence-corrected chi connectivity index (χ1v) is 14.4. The standard InChI is InChI=1S/C32H34F3N5O3/c33-23-6-2-20(3-7-23)32(43)40-15-1-14-39(16-17-40)29-13-5-22(30(41)37-25-10-8-24(36)9-11-25)19-28(29)38-31(42)21-4-12-26(34)27(35)18-21/h2-7,12-13,18-19,24-25H,1,8-11,14-17,36H2,(H,37,41)(H,38,42). The second-order valence-electron chi connectivity index (χ2n) is 11.0. The van der Waals surface area contributed by atoms with Gasteiger partial charge in [-0.3, -0.25) is 14.4 Å². The average Bonchev–Trinajstić information content (AvgIpc) is 3.26. The van der Waals surface area contributed by atoms with Gasteiger partial charge in [0.15, 0.2) is 11.6 Å². The Morgan fingerprint density at radius 1 is 0.721 bits per heavy atom. The molecule has 226 valence electrons. The average molecular weight is 594 g/mol. The van der Waals surface area contributed by atoms with Crippen LogP contribution in [0, 0.1) is 17.5 Å². The fourth-order valence-electron chi connectivity index (χ4n) is 5.55. The molecule has 1 aliphatic carbocycles. The van der Waals surface area contributed by atoms with Crippen LogP contribution in [0.5, 0.6) is 0 Å². The van der Waals surface area contributed by atoms with Gasteiger partial charge in [-0.05, 0) is 92.8 Å². The third-order valence-electron chi connectivity index (χ3n) is 8.01. The Hall–Kier alpha value is -4.38. The van der Waals surface area contributed by atoms with E-state index >= 15 is 0 Å². The number of hydrogen-bond donors (Lipinski definition) is 3. The summed E-state index contributed by atoms with van der Waals surface area (Å²) in [6.07, 6.45) is 3.84. The third kappa shape index (κ3) is 7.34. The highest BCUT2D eigenvalue weighted by molar-refractivity contribution is 6.07. The maximum absolute atomic E-state index is 13.9. The van der Waals surface area contributed by atoms with E-state index < -0.39 is 23.4 Å². The van der Waals surface area contributed by atoms with E-state index in [1.165, 1.54) is 30.3 Å². The lowest BCUT2D eigenvalue weighted by atomic mass is 9.91. The van der Waals surface area contributed by atoms with Crippen molar-refractivity contribution < 1.29 is 27.6 Å². The van der Waals surface area contributed by atoms with Crippen LogP contribution in [0.3, 0.4) is 0 Å². The van der Waals surface area contributed by atoms with E-state index in [1.807, 2.05) is 4.90 Å². The van der Waals surface area contributed by atoms with Crippen LogP contribution in [0.2, 0.25) is 0 Å². The molecule has 43 heavy (non-hydrogen) atoms. The van der Waals surface area contributed by atoms with Crippen LogP contribution in [-0.4, -0.2) is 60.9 Å². The molecule has 0 atom stereocenters. The molecule has 1 aliphatic heterocycles. The number of carbonyl (C=O) groups excluding carboxylic acids is 3. The second-order valence-corrected chi connectivity index (χ2v) is 11.0. The largest absolute Gasteiger partial charge is 0.368 e. The lowest BCUT2D eigenvalue weighted by molar-refractivity contribution is 0.0766. The van der Waals surface area contributed by atoms with Crippen LogP contribution in [-0.2, 0) is 0 Å². The highest BCUT2D eigenvalue weighted by Crippen LogP contribution is 2.30. The summed E-state index contributed by atoms with van der Waals surface area (Å²) in [5, 5.41) is 5.83. The summed E-state index contributed by atoms with van der Waals surface area (Å²) in [6.45, 7) is 1.83. The molecule has 4 N–H and O–H groups in total. The number of benzene rings is 3. The van der Waals surface area contributed by atoms with Gasteiger partial charge in [-0.25, -0.2) is 13.2 Å². The van der Waals surface area contributed by atoms with E-state index in [4.69, 9.17) is 5.73 Å². The van der Waals surface area contributed by atoms with Crippen LogP contribution in [0.25, 0.3) is 0 Å². The molecule has 0 unspecified atom stereocenters. The van der Waals surface area contributed by atoms with Gasteiger partial charge in [0, 0.05) is 55.0 Å². The summed E-state index contributed by atoms with van der Waals surface area (Å²) < 4.78 is 40.7. The van der Waals surface area contributed by atoms with Gasteiger partial charge in [0.2, 0.25) is 0 Å². The Labute approximate surface area is 248 Å². The van der Waals surface area contributed by atoms with Gasteiger partial charge in [0.05, 0.1) is 11.4 Å². The predicted molar refractivity (Wildman–Crippen MR) is 158 cm³/mol. The molecule has 3 aromatic rings. The van der Waals surface area contributed by atoms with Crippen molar-refractivity contribution in [2.75, 3.05) is 36.4 Å². The number of nitrogens with one attached hydrogen (secondary N) is 2. The van der Waals surface area contributed by atoms with Crippen molar-refractivity contribution in [3.05, 3.63) is 94.8 Å². The molecule has 0 radical (unpaired) electrons. The highest BCUT2D eigenvalue weighted by atomic mass is 19.2. The number of nitrogens with zero attached hydrogens (tertiary/aromatic N) is 2. The first-order chi connectivity index (χ1) is 20.7. The first-order valence-electron chi connectivity index (χ1n) is 14.4. The Kier molecular flexibility index (Phi) is 9.30. The molecule has 8 nitrogen and oxygen atoms in total. The molecule has 2 aliphatic rings. The van der Waals surface area contributed by atoms with Crippen molar-refractivity contribution in [2.45, 2.75) is 44.2 Å². The topological polar surface area (TPSA) is 108 Å². The zero-order valence-corrected chi connectivity index (χ0v) is 23.6. The van der Waals surface area contributed by atoms with E-state index in [0.29, 0.717) is 55.1 Å². The molecule has 0 spiro atoms. The molecule has 1 heterocycles. The Morgan fingerprint density at radius 3 is 2.12 bits per heavy atom. The van der Waals surface area contributed by atoms with Gasteiger partial charge in [0.1, 0.15) is 5.82 Å². The van der Waals surface area contributed by atoms with Gasteiger partial charge in [-0.15, -0.1) is 0 Å². The quantitative estimate of drug-likeness (QED) is 0.384. The molecule has 1 saturated heterocycles. The summed E-state index contributed by atoms with van der Waals surface area (Å²) in [5.74, 6) is -3.79. The fraction of sp³-hybridized carbons (Fsp3) is 0.344. The van der Waals surface area contributed by atoms with Gasteiger partial charge < -0.3 is 26.2 Å². The van der Waals surface area contributed by atoms with Crippen molar-refractivity contribution in [2.24, 2.45) is 5.73 Å².